The van der Waals surface area contributed by atoms with Gasteiger partial charge in [0.05, 0.1) is 5.92 Å². The Hall–Kier alpha value is -2.33. The molecule has 3 rings (SSSR count). The van der Waals surface area contributed by atoms with Gasteiger partial charge in [-0.25, -0.2) is 0 Å². The maximum atomic E-state index is 12.1. The highest BCUT2D eigenvalue weighted by Crippen LogP contribution is 2.28. The number of halogens is 1. The molecule has 1 aliphatic rings. The molecule has 0 aromatic heterocycles. The second-order valence-corrected chi connectivity index (χ2v) is 5.97. The molecule has 1 saturated carbocycles. The SMILES string of the molecule is O=C(Nc1ccc(OC(=O)C2CCC2)cc1)c1cccc(Cl)c1. The van der Waals surface area contributed by atoms with Crippen molar-refractivity contribution in [2.24, 2.45) is 5.92 Å². The maximum Gasteiger partial charge on any atom is 0.314 e. The minimum atomic E-state index is -0.244. The minimum Gasteiger partial charge on any atom is -0.426 e. The number of hydrogen-bond donors (Lipinski definition) is 1. The van der Waals surface area contributed by atoms with Crippen molar-refractivity contribution in [3.63, 3.8) is 0 Å². The molecule has 1 fully saturated rings. The summed E-state index contributed by atoms with van der Waals surface area (Å²) in [5.41, 5.74) is 1.11. The maximum absolute atomic E-state index is 12.1. The average Bonchev–Trinajstić information content (AvgIpc) is 2.47. The third kappa shape index (κ3) is 3.90. The van der Waals surface area contributed by atoms with Crippen LogP contribution in [-0.4, -0.2) is 11.9 Å². The third-order valence-electron chi connectivity index (χ3n) is 3.86. The van der Waals surface area contributed by atoms with Crippen molar-refractivity contribution >= 4 is 29.2 Å². The highest BCUT2D eigenvalue weighted by atomic mass is 35.5. The van der Waals surface area contributed by atoms with E-state index >= 15 is 0 Å². The Morgan fingerprint density at radius 1 is 1.09 bits per heavy atom. The van der Waals surface area contributed by atoms with E-state index in [-0.39, 0.29) is 17.8 Å². The van der Waals surface area contributed by atoms with Crippen molar-refractivity contribution < 1.29 is 14.3 Å². The Kier molecular flexibility index (Phi) is 4.63. The summed E-state index contributed by atoms with van der Waals surface area (Å²) in [6, 6.07) is 13.5. The van der Waals surface area contributed by atoms with Gasteiger partial charge in [0, 0.05) is 16.3 Å². The van der Waals surface area contributed by atoms with E-state index in [1.807, 2.05) is 0 Å². The Morgan fingerprint density at radius 2 is 1.83 bits per heavy atom. The highest BCUT2D eigenvalue weighted by molar-refractivity contribution is 6.31. The standard InChI is InChI=1S/C18H16ClNO3/c19-14-6-2-5-13(11-14)17(21)20-15-7-9-16(10-8-15)23-18(22)12-3-1-4-12/h2,5-12H,1,3-4H2,(H,20,21). The molecule has 1 aliphatic carbocycles. The summed E-state index contributed by atoms with van der Waals surface area (Å²) >= 11 is 5.87. The van der Waals surface area contributed by atoms with Crippen LogP contribution in [-0.2, 0) is 4.79 Å². The van der Waals surface area contributed by atoms with Crippen LogP contribution in [0.15, 0.2) is 48.5 Å². The van der Waals surface area contributed by atoms with Crippen molar-refractivity contribution in [3.8, 4) is 5.75 Å². The van der Waals surface area contributed by atoms with Crippen LogP contribution in [0.4, 0.5) is 5.69 Å². The third-order valence-corrected chi connectivity index (χ3v) is 4.09. The van der Waals surface area contributed by atoms with Crippen molar-refractivity contribution in [3.05, 3.63) is 59.1 Å². The number of carbonyl (C=O) groups is 2. The van der Waals surface area contributed by atoms with Gasteiger partial charge >= 0.3 is 5.97 Å². The first-order chi connectivity index (χ1) is 11.1. The zero-order valence-electron chi connectivity index (χ0n) is 12.4. The van der Waals surface area contributed by atoms with E-state index in [9.17, 15) is 9.59 Å². The summed E-state index contributed by atoms with van der Waals surface area (Å²) in [5, 5.41) is 3.28. The second kappa shape index (κ2) is 6.84. The van der Waals surface area contributed by atoms with Crippen LogP contribution in [0.2, 0.25) is 5.02 Å². The van der Waals surface area contributed by atoms with E-state index in [1.54, 1.807) is 48.5 Å². The molecule has 0 radical (unpaired) electrons. The van der Waals surface area contributed by atoms with Crippen LogP contribution in [0.3, 0.4) is 0 Å². The molecule has 5 heteroatoms. The second-order valence-electron chi connectivity index (χ2n) is 5.54. The summed E-state index contributed by atoms with van der Waals surface area (Å²) in [6.07, 6.45) is 2.91. The van der Waals surface area contributed by atoms with Gasteiger partial charge in [-0.15, -0.1) is 0 Å². The van der Waals surface area contributed by atoms with E-state index in [4.69, 9.17) is 16.3 Å². The average molecular weight is 330 g/mol. The normalized spacial score (nSPS) is 14.0. The monoisotopic (exact) mass is 329 g/mol. The fourth-order valence-corrected chi connectivity index (χ4v) is 2.47. The summed E-state index contributed by atoms with van der Waals surface area (Å²) in [6.45, 7) is 0. The van der Waals surface area contributed by atoms with Gasteiger partial charge in [-0.3, -0.25) is 9.59 Å². The highest BCUT2D eigenvalue weighted by Gasteiger charge is 2.27. The summed E-state index contributed by atoms with van der Waals surface area (Å²) in [7, 11) is 0. The molecule has 2 aromatic rings. The van der Waals surface area contributed by atoms with Crippen molar-refractivity contribution in [1.82, 2.24) is 0 Å². The predicted octanol–water partition coefficient (Wildman–Crippen LogP) is 4.30. The van der Waals surface area contributed by atoms with Gasteiger partial charge in [-0.1, -0.05) is 24.1 Å². The quantitative estimate of drug-likeness (QED) is 0.672. The molecule has 2 aromatic carbocycles. The zero-order chi connectivity index (χ0) is 16.2. The van der Waals surface area contributed by atoms with Gasteiger partial charge in [0.25, 0.3) is 5.91 Å². The number of benzene rings is 2. The molecule has 0 atom stereocenters. The zero-order valence-corrected chi connectivity index (χ0v) is 13.2. The first-order valence-electron chi connectivity index (χ1n) is 7.50. The minimum absolute atomic E-state index is 0.0391. The van der Waals surface area contributed by atoms with E-state index in [0.717, 1.165) is 19.3 Å². The van der Waals surface area contributed by atoms with Crippen LogP contribution < -0.4 is 10.1 Å². The molecule has 0 spiro atoms. The number of hydrogen-bond acceptors (Lipinski definition) is 3. The predicted molar refractivity (Wildman–Crippen MR) is 88.8 cm³/mol. The lowest BCUT2D eigenvalue weighted by molar-refractivity contribution is -0.141. The smallest absolute Gasteiger partial charge is 0.314 e. The van der Waals surface area contributed by atoms with E-state index in [0.29, 0.717) is 22.0 Å². The van der Waals surface area contributed by atoms with Gasteiger partial charge in [-0.05, 0) is 55.3 Å². The molecule has 0 bridgehead atoms. The largest absolute Gasteiger partial charge is 0.426 e. The number of nitrogens with one attached hydrogen (secondary N) is 1. The lowest BCUT2D eigenvalue weighted by atomic mass is 9.86. The first-order valence-corrected chi connectivity index (χ1v) is 7.88. The fourth-order valence-electron chi connectivity index (χ4n) is 2.28. The number of carbonyl (C=O) groups excluding carboxylic acids is 2. The van der Waals surface area contributed by atoms with Gasteiger partial charge in [0.15, 0.2) is 0 Å². The summed E-state index contributed by atoms with van der Waals surface area (Å²) < 4.78 is 5.31. The van der Waals surface area contributed by atoms with Gasteiger partial charge < -0.3 is 10.1 Å². The molecule has 0 heterocycles. The lowest BCUT2D eigenvalue weighted by Crippen LogP contribution is -2.26. The van der Waals surface area contributed by atoms with Crippen LogP contribution in [0.5, 0.6) is 5.75 Å². The van der Waals surface area contributed by atoms with Crippen molar-refractivity contribution in [2.45, 2.75) is 19.3 Å². The van der Waals surface area contributed by atoms with E-state index < -0.39 is 0 Å². The van der Waals surface area contributed by atoms with Crippen molar-refractivity contribution in [2.75, 3.05) is 5.32 Å². The van der Waals surface area contributed by atoms with Gasteiger partial charge in [0.2, 0.25) is 0 Å². The van der Waals surface area contributed by atoms with Crippen LogP contribution in [0.25, 0.3) is 0 Å². The van der Waals surface area contributed by atoms with E-state index in [2.05, 4.69) is 5.32 Å². The number of rotatable bonds is 4. The molecular formula is C18H16ClNO3. The molecule has 0 saturated heterocycles. The topological polar surface area (TPSA) is 55.4 Å². The Labute approximate surface area is 139 Å². The Morgan fingerprint density at radius 3 is 2.43 bits per heavy atom. The number of ether oxygens (including phenoxy) is 1. The lowest BCUT2D eigenvalue weighted by Gasteiger charge is -2.22. The molecule has 0 unspecified atom stereocenters. The number of amides is 1. The van der Waals surface area contributed by atoms with Gasteiger partial charge in [-0.2, -0.15) is 0 Å². The molecule has 118 valence electrons. The summed E-state index contributed by atoms with van der Waals surface area (Å²) in [4.78, 5) is 23.9. The molecule has 4 nitrogen and oxygen atoms in total. The van der Waals surface area contributed by atoms with Crippen LogP contribution >= 0.6 is 11.6 Å². The van der Waals surface area contributed by atoms with Crippen LogP contribution in [0.1, 0.15) is 29.6 Å². The Balaban J connectivity index is 1.60. The molecule has 1 amide bonds. The van der Waals surface area contributed by atoms with Gasteiger partial charge in [0.1, 0.15) is 5.75 Å². The Bertz CT molecular complexity index is 723. The molecule has 23 heavy (non-hydrogen) atoms. The number of esters is 1. The van der Waals surface area contributed by atoms with E-state index in [1.165, 1.54) is 0 Å². The molecule has 1 N–H and O–H groups in total. The van der Waals surface area contributed by atoms with Crippen molar-refractivity contribution in [1.29, 1.82) is 0 Å². The summed E-state index contributed by atoms with van der Waals surface area (Å²) in [5.74, 6) is 0.110. The molecular weight excluding hydrogens is 314 g/mol. The fraction of sp³-hybridized carbons (Fsp3) is 0.222. The molecule has 0 aliphatic heterocycles. The van der Waals surface area contributed by atoms with Crippen LogP contribution in [0, 0.1) is 5.92 Å². The number of anilines is 1. The first kappa shape index (κ1) is 15.6.